The fraction of sp³-hybridized carbons (Fsp3) is 0.706. The summed E-state index contributed by atoms with van der Waals surface area (Å²) in [7, 11) is 10.4. The van der Waals surface area contributed by atoms with Gasteiger partial charge in [-0.05, 0) is 95.7 Å². The van der Waals surface area contributed by atoms with Gasteiger partial charge in [-0.1, -0.05) is 84.7 Å². The van der Waals surface area contributed by atoms with E-state index in [0.717, 1.165) is 50.9 Å². The third-order valence-corrected chi connectivity index (χ3v) is 20.3. The number of anilines is 1. The van der Waals surface area contributed by atoms with Crippen molar-refractivity contribution in [1.82, 2.24) is 15.5 Å². The molecule has 4 bridgehead atoms. The Bertz CT molecular complexity index is 2060. The van der Waals surface area contributed by atoms with Crippen LogP contribution in [0.25, 0.3) is 0 Å². The SMILES string of the molecule is CCC(C)(CC)PCCNC(=O)CCCSSC(C)(C)CCC(=O)N(C)C(C)C(=O)OC1CC(=O)N(C)c2cc(cc(OC)c2Cl)CC(C)=CC=CC(OC)C2(CO)CC(OC(=O)N2)C(C)C2OC12C. The molecule has 3 aliphatic rings. The number of benzene rings is 1. The number of likely N-dealkylation sites (N-methyl/N-ethyl adjacent to an activating group) is 1. The highest BCUT2D eigenvalue weighted by Crippen LogP contribution is 2.49. The number of carbonyl (C=O) groups excluding carboxylic acids is 5. The standard InChI is InChI=1S/C51H80ClN4O11PS2/c1-14-49(8,15-2)68-24-23-53-41(58)20-17-25-69-70-48(6,7)22-21-42(59)55(10)34(5)46(61)66-40-29-43(60)56(11)36-27-35(28-37(63-12)44(36)52)26-32(3)18-16-19-39(64-13)51(31-57)30-38(65-47(62)54-51)33(4)45-50(40,9)67-45/h16,18-19,27-28,33-34,38-40,45,57,68H,14-15,17,20-26,29-31H2,1-13H3,(H,53,58)(H,54,62). The molecule has 2 fully saturated rings. The number of alkyl carbamates (subject to hydrolysis) is 1. The van der Waals surface area contributed by atoms with Gasteiger partial charge in [0.2, 0.25) is 17.7 Å². The minimum atomic E-state index is -1.25. The average Bonchev–Trinajstić information content (AvgIpc) is 4.03. The number of carbonyl (C=O) groups is 5. The number of halogens is 1. The molecule has 3 N–H and O–H groups in total. The van der Waals surface area contributed by atoms with E-state index in [2.05, 4.69) is 45.3 Å². The van der Waals surface area contributed by atoms with E-state index in [4.69, 9.17) is 35.3 Å². The van der Waals surface area contributed by atoms with Crippen LogP contribution in [0.3, 0.4) is 0 Å². The van der Waals surface area contributed by atoms with Crippen LogP contribution in [0.1, 0.15) is 119 Å². The molecule has 19 heteroatoms. The Hall–Kier alpha value is -3.05. The van der Waals surface area contributed by atoms with Gasteiger partial charge in [0.25, 0.3) is 0 Å². The van der Waals surface area contributed by atoms with Gasteiger partial charge in [-0.25, -0.2) is 9.59 Å². The Balaban J connectivity index is 1.47. The van der Waals surface area contributed by atoms with Gasteiger partial charge in [0.05, 0.1) is 37.5 Å². The number of amides is 4. The van der Waals surface area contributed by atoms with Crippen LogP contribution in [0.2, 0.25) is 5.02 Å². The number of fused-ring (bicyclic) bond motifs is 5. The van der Waals surface area contributed by atoms with Gasteiger partial charge in [0.15, 0.2) is 0 Å². The number of hydrogen-bond donors (Lipinski definition) is 3. The first-order valence-corrected chi connectivity index (χ1v) is 28.4. The average molecular weight is 1060 g/mol. The molecule has 1 aromatic carbocycles. The van der Waals surface area contributed by atoms with Gasteiger partial charge in [0, 0.05) is 63.4 Å². The molecule has 1 aromatic rings. The minimum Gasteiger partial charge on any atom is -0.495 e. The summed E-state index contributed by atoms with van der Waals surface area (Å²) in [6.07, 6.45) is 7.02. The number of epoxide rings is 1. The van der Waals surface area contributed by atoms with Crippen LogP contribution >= 0.6 is 41.8 Å². The molecule has 9 unspecified atom stereocenters. The summed E-state index contributed by atoms with van der Waals surface area (Å²) in [6.45, 7) is 18.3. The number of nitrogens with one attached hydrogen (secondary N) is 2. The number of nitrogens with zero attached hydrogens (tertiary/aromatic N) is 2. The molecule has 70 heavy (non-hydrogen) atoms. The summed E-state index contributed by atoms with van der Waals surface area (Å²) in [6, 6.07) is 2.60. The lowest BCUT2D eigenvalue weighted by molar-refractivity contribution is -0.162. The zero-order chi connectivity index (χ0) is 52.2. The maximum atomic E-state index is 14.4. The number of hydrogen-bond acceptors (Lipinski definition) is 13. The Morgan fingerprint density at radius 3 is 2.50 bits per heavy atom. The number of aliphatic hydroxyl groups excluding tert-OH is 1. The largest absolute Gasteiger partial charge is 0.495 e. The monoisotopic (exact) mass is 1050 g/mol. The van der Waals surface area contributed by atoms with Crippen LogP contribution in [0.4, 0.5) is 10.5 Å². The van der Waals surface area contributed by atoms with Crippen LogP contribution in [-0.4, -0.2) is 145 Å². The summed E-state index contributed by atoms with van der Waals surface area (Å²) in [5.41, 5.74) is -0.324. The number of aliphatic hydroxyl groups is 1. The first-order valence-electron chi connectivity index (χ1n) is 24.5. The quantitative estimate of drug-likeness (QED) is 0.0350. The van der Waals surface area contributed by atoms with E-state index >= 15 is 0 Å². The molecular formula is C51H80ClN4O11PS2. The molecule has 3 aliphatic heterocycles. The van der Waals surface area contributed by atoms with Crippen molar-refractivity contribution in [1.29, 1.82) is 0 Å². The van der Waals surface area contributed by atoms with E-state index < -0.39 is 72.1 Å². The van der Waals surface area contributed by atoms with Gasteiger partial charge < -0.3 is 49.2 Å². The van der Waals surface area contributed by atoms with Crippen molar-refractivity contribution in [2.45, 2.75) is 172 Å². The molecule has 4 rings (SSSR count). The van der Waals surface area contributed by atoms with E-state index in [1.807, 2.05) is 32.1 Å². The van der Waals surface area contributed by atoms with Crippen molar-refractivity contribution in [3.63, 3.8) is 0 Å². The Morgan fingerprint density at radius 2 is 1.86 bits per heavy atom. The fourth-order valence-corrected chi connectivity index (χ4v) is 13.1. The lowest BCUT2D eigenvalue weighted by atomic mass is 9.79. The number of esters is 1. The molecule has 0 radical (unpaired) electrons. The van der Waals surface area contributed by atoms with Crippen LogP contribution in [0.15, 0.2) is 35.9 Å². The van der Waals surface area contributed by atoms with Crippen LogP contribution in [0, 0.1) is 5.92 Å². The maximum Gasteiger partial charge on any atom is 0.408 e. The minimum absolute atomic E-state index is 0.0823. The normalized spacial score (nSPS) is 25.9. The second-order valence-corrected chi connectivity index (χ2v) is 25.7. The Labute approximate surface area is 431 Å². The molecule has 0 aliphatic carbocycles. The molecule has 394 valence electrons. The van der Waals surface area contributed by atoms with Crippen LogP contribution < -0.4 is 20.3 Å². The zero-order valence-corrected chi connectivity index (χ0v) is 47.1. The lowest BCUT2D eigenvalue weighted by Gasteiger charge is -2.44. The maximum absolute atomic E-state index is 14.4. The van der Waals surface area contributed by atoms with Crippen molar-refractivity contribution in [2.24, 2.45) is 5.92 Å². The number of ether oxygens (including phenoxy) is 5. The van der Waals surface area contributed by atoms with Gasteiger partial charge >= 0.3 is 12.1 Å². The predicted molar refractivity (Wildman–Crippen MR) is 284 cm³/mol. The highest BCUT2D eigenvalue weighted by molar-refractivity contribution is 8.77. The van der Waals surface area contributed by atoms with E-state index in [0.29, 0.717) is 42.4 Å². The topological polar surface area (TPSA) is 186 Å². The molecule has 3 heterocycles. The van der Waals surface area contributed by atoms with Crippen molar-refractivity contribution < 1.29 is 52.8 Å². The lowest BCUT2D eigenvalue weighted by Crippen LogP contribution is -2.65. The number of allylic oxidation sites excluding steroid dienone is 3. The second-order valence-electron chi connectivity index (χ2n) is 20.1. The van der Waals surface area contributed by atoms with Crippen molar-refractivity contribution in [3.05, 3.63) is 46.5 Å². The van der Waals surface area contributed by atoms with Crippen molar-refractivity contribution in [2.75, 3.05) is 58.3 Å². The molecule has 4 amide bonds. The first-order chi connectivity index (χ1) is 32.9. The van der Waals surface area contributed by atoms with Gasteiger partial charge in [0.1, 0.15) is 40.7 Å². The predicted octanol–water partition coefficient (Wildman–Crippen LogP) is 8.65. The molecule has 0 saturated carbocycles. The van der Waals surface area contributed by atoms with E-state index in [9.17, 15) is 29.1 Å². The van der Waals surface area contributed by atoms with E-state index in [-0.39, 0.29) is 40.8 Å². The van der Waals surface area contributed by atoms with Crippen molar-refractivity contribution >= 4 is 77.2 Å². The number of methoxy groups -OCH3 is 2. The Kier molecular flexibility index (Phi) is 22.3. The highest BCUT2D eigenvalue weighted by atomic mass is 35.5. The van der Waals surface area contributed by atoms with E-state index in [1.165, 1.54) is 24.0 Å². The molecule has 0 spiro atoms. The summed E-state index contributed by atoms with van der Waals surface area (Å²) in [5.74, 6) is -0.641. The second kappa shape index (κ2) is 26.2. The van der Waals surface area contributed by atoms with Gasteiger partial charge in [-0.2, -0.15) is 0 Å². The summed E-state index contributed by atoms with van der Waals surface area (Å²) < 4.78 is 29.7. The van der Waals surface area contributed by atoms with Crippen molar-refractivity contribution in [3.8, 4) is 5.75 Å². The summed E-state index contributed by atoms with van der Waals surface area (Å²) >= 11 is 6.85. The smallest absolute Gasteiger partial charge is 0.408 e. The van der Waals surface area contributed by atoms with Gasteiger partial charge in [-0.3, -0.25) is 14.4 Å². The zero-order valence-electron chi connectivity index (χ0n) is 43.7. The molecular weight excluding hydrogens is 975 g/mol. The summed E-state index contributed by atoms with van der Waals surface area (Å²) in [5, 5.41) is 17.3. The molecule has 2 saturated heterocycles. The molecule has 15 nitrogen and oxygen atoms in total. The third-order valence-electron chi connectivity index (χ3n) is 14.4. The molecule has 9 atom stereocenters. The van der Waals surface area contributed by atoms with Crippen LogP contribution in [0.5, 0.6) is 5.75 Å². The molecule has 0 aromatic heterocycles. The fourth-order valence-electron chi connectivity index (χ4n) is 8.82. The third kappa shape index (κ3) is 15.7. The van der Waals surface area contributed by atoms with Gasteiger partial charge in [-0.15, -0.1) is 8.58 Å². The highest BCUT2D eigenvalue weighted by Gasteiger charge is 2.64. The van der Waals surface area contributed by atoms with Crippen LogP contribution in [-0.2, 0) is 44.5 Å². The number of rotatable bonds is 21. The van der Waals surface area contributed by atoms with E-state index in [1.54, 1.807) is 61.7 Å². The Morgan fingerprint density at radius 1 is 1.16 bits per heavy atom. The summed E-state index contributed by atoms with van der Waals surface area (Å²) in [4.78, 5) is 70.6. The first kappa shape index (κ1) is 59.5.